The Bertz CT molecular complexity index is 832. The van der Waals surface area contributed by atoms with Crippen LogP contribution in [0.2, 0.25) is 0 Å². The lowest BCUT2D eigenvalue weighted by Gasteiger charge is -2.47. The van der Waals surface area contributed by atoms with Crippen molar-refractivity contribution in [3.05, 3.63) is 71.3 Å². The highest BCUT2D eigenvalue weighted by atomic mass is 16.6. The van der Waals surface area contributed by atoms with Gasteiger partial charge in [0.25, 0.3) is 0 Å². The fraction of sp³-hybridized carbons (Fsp3) is 0.440. The van der Waals surface area contributed by atoms with Gasteiger partial charge in [0.05, 0.1) is 0 Å². The second-order valence-electron chi connectivity index (χ2n) is 8.27. The van der Waals surface area contributed by atoms with E-state index < -0.39 is 0 Å². The van der Waals surface area contributed by atoms with Crippen LogP contribution in [0.4, 0.5) is 4.79 Å². The predicted octanol–water partition coefficient (Wildman–Crippen LogP) is 5.40. The van der Waals surface area contributed by atoms with Crippen molar-refractivity contribution in [2.24, 2.45) is 5.92 Å². The lowest BCUT2D eigenvalue weighted by molar-refractivity contribution is 0.00473. The first-order chi connectivity index (χ1) is 14.2. The van der Waals surface area contributed by atoms with Crippen LogP contribution >= 0.6 is 0 Å². The van der Waals surface area contributed by atoms with Gasteiger partial charge < -0.3 is 9.64 Å². The third kappa shape index (κ3) is 4.36. The number of Topliss-reactive ketones (excluding diaryl/α,β-unsaturated/α-hetero) is 1. The average molecular weight is 392 g/mol. The van der Waals surface area contributed by atoms with E-state index in [0.717, 1.165) is 49.7 Å². The molecule has 4 nitrogen and oxygen atoms in total. The number of fused-ring (bicyclic) bond motifs is 2. The van der Waals surface area contributed by atoms with Gasteiger partial charge in [0.15, 0.2) is 5.78 Å². The van der Waals surface area contributed by atoms with Crippen LogP contribution in [0.25, 0.3) is 0 Å². The molecule has 2 aromatic rings. The minimum absolute atomic E-state index is 0.00375. The number of rotatable bonds is 5. The molecule has 0 aromatic heterocycles. The SMILES string of the molecule is CCc1ccc(C(=O)C2CC3CCCC(C2)N3C(=O)OCc2ccccc2)cc1. The molecule has 0 aliphatic carbocycles. The highest BCUT2D eigenvalue weighted by Crippen LogP contribution is 2.38. The molecule has 2 bridgehead atoms. The summed E-state index contributed by atoms with van der Waals surface area (Å²) in [5.41, 5.74) is 3.03. The molecule has 4 rings (SSSR count). The predicted molar refractivity (Wildman–Crippen MR) is 113 cm³/mol. The van der Waals surface area contributed by atoms with E-state index in [-0.39, 0.29) is 29.9 Å². The highest BCUT2D eigenvalue weighted by molar-refractivity contribution is 5.98. The van der Waals surface area contributed by atoms with E-state index >= 15 is 0 Å². The standard InChI is InChI=1S/C25H29NO3/c1-2-18-11-13-20(14-12-18)24(27)21-15-22-9-6-10-23(16-21)26(22)25(28)29-17-19-7-4-3-5-8-19/h3-5,7-8,11-14,21-23H,2,6,9-10,15-17H2,1H3. The summed E-state index contributed by atoms with van der Waals surface area (Å²) in [5, 5.41) is 0. The van der Waals surface area contributed by atoms with Gasteiger partial charge in [-0.3, -0.25) is 4.79 Å². The molecule has 0 N–H and O–H groups in total. The lowest BCUT2D eigenvalue weighted by atomic mass is 9.76. The number of piperidine rings is 2. The Morgan fingerprint density at radius 3 is 2.21 bits per heavy atom. The summed E-state index contributed by atoms with van der Waals surface area (Å²) in [6.45, 7) is 2.41. The molecular weight excluding hydrogens is 362 g/mol. The molecule has 2 unspecified atom stereocenters. The van der Waals surface area contributed by atoms with Gasteiger partial charge in [-0.25, -0.2) is 4.79 Å². The Hall–Kier alpha value is -2.62. The number of carbonyl (C=O) groups is 2. The van der Waals surface area contributed by atoms with Crippen LogP contribution in [-0.4, -0.2) is 28.9 Å². The van der Waals surface area contributed by atoms with Crippen molar-refractivity contribution in [3.63, 3.8) is 0 Å². The number of carbonyl (C=O) groups excluding carboxylic acids is 2. The summed E-state index contributed by atoms with van der Waals surface area (Å²) in [4.78, 5) is 27.8. The summed E-state index contributed by atoms with van der Waals surface area (Å²) in [5.74, 6) is 0.220. The molecule has 0 radical (unpaired) electrons. The monoisotopic (exact) mass is 391 g/mol. The number of ketones is 1. The Morgan fingerprint density at radius 2 is 1.59 bits per heavy atom. The number of nitrogens with zero attached hydrogens (tertiary/aromatic N) is 1. The maximum atomic E-state index is 13.1. The van der Waals surface area contributed by atoms with Crippen LogP contribution in [0, 0.1) is 5.92 Å². The molecule has 152 valence electrons. The fourth-order valence-corrected chi connectivity index (χ4v) is 4.83. The van der Waals surface area contributed by atoms with Gasteiger partial charge in [0.1, 0.15) is 6.61 Å². The van der Waals surface area contributed by atoms with Gasteiger partial charge in [0, 0.05) is 23.6 Å². The summed E-state index contributed by atoms with van der Waals surface area (Å²) in [7, 11) is 0. The molecule has 2 aliphatic rings. The molecular formula is C25H29NO3. The molecule has 0 saturated carbocycles. The molecule has 2 atom stereocenters. The van der Waals surface area contributed by atoms with E-state index in [2.05, 4.69) is 6.92 Å². The Morgan fingerprint density at radius 1 is 0.931 bits per heavy atom. The quantitative estimate of drug-likeness (QED) is 0.641. The van der Waals surface area contributed by atoms with Crippen molar-refractivity contribution in [2.45, 2.75) is 64.1 Å². The molecule has 0 spiro atoms. The Labute approximate surface area is 172 Å². The smallest absolute Gasteiger partial charge is 0.410 e. The third-order valence-corrected chi connectivity index (χ3v) is 6.41. The average Bonchev–Trinajstić information content (AvgIpc) is 2.77. The van der Waals surface area contributed by atoms with Crippen LogP contribution in [0.3, 0.4) is 0 Å². The van der Waals surface area contributed by atoms with Crippen molar-refractivity contribution in [3.8, 4) is 0 Å². The van der Waals surface area contributed by atoms with E-state index in [1.807, 2.05) is 59.5 Å². The number of aryl methyl sites for hydroxylation is 1. The van der Waals surface area contributed by atoms with E-state index in [1.165, 1.54) is 5.56 Å². The normalized spacial score (nSPS) is 23.5. The number of hydrogen-bond acceptors (Lipinski definition) is 3. The number of amides is 1. The molecule has 4 heteroatoms. The Kier molecular flexibility index (Phi) is 5.98. The number of benzene rings is 2. The van der Waals surface area contributed by atoms with Crippen LogP contribution in [0.1, 0.15) is 60.5 Å². The van der Waals surface area contributed by atoms with E-state index in [1.54, 1.807) is 0 Å². The van der Waals surface area contributed by atoms with Crippen molar-refractivity contribution < 1.29 is 14.3 Å². The maximum absolute atomic E-state index is 13.1. The first-order valence-electron chi connectivity index (χ1n) is 10.8. The number of hydrogen-bond donors (Lipinski definition) is 0. The van der Waals surface area contributed by atoms with Crippen molar-refractivity contribution in [1.29, 1.82) is 0 Å². The largest absolute Gasteiger partial charge is 0.445 e. The van der Waals surface area contributed by atoms with Gasteiger partial charge in [-0.2, -0.15) is 0 Å². The fourth-order valence-electron chi connectivity index (χ4n) is 4.83. The van der Waals surface area contributed by atoms with Crippen LogP contribution < -0.4 is 0 Å². The summed E-state index contributed by atoms with van der Waals surface area (Å²) in [6.07, 6.45) is 5.25. The molecule has 29 heavy (non-hydrogen) atoms. The molecule has 2 heterocycles. The summed E-state index contributed by atoms with van der Waals surface area (Å²) in [6, 6.07) is 18.0. The van der Waals surface area contributed by atoms with Crippen molar-refractivity contribution in [1.82, 2.24) is 4.90 Å². The van der Waals surface area contributed by atoms with Gasteiger partial charge in [0.2, 0.25) is 0 Å². The molecule has 2 aliphatic heterocycles. The van der Waals surface area contributed by atoms with Crippen LogP contribution in [0.5, 0.6) is 0 Å². The zero-order chi connectivity index (χ0) is 20.2. The zero-order valence-corrected chi connectivity index (χ0v) is 17.0. The van der Waals surface area contributed by atoms with Crippen molar-refractivity contribution >= 4 is 11.9 Å². The minimum atomic E-state index is -0.234. The van der Waals surface area contributed by atoms with Gasteiger partial charge >= 0.3 is 6.09 Å². The molecule has 2 fully saturated rings. The van der Waals surface area contributed by atoms with Crippen LogP contribution in [-0.2, 0) is 17.8 Å². The third-order valence-electron chi connectivity index (χ3n) is 6.41. The van der Waals surface area contributed by atoms with Gasteiger partial charge in [-0.15, -0.1) is 0 Å². The molecule has 2 saturated heterocycles. The first kappa shape index (κ1) is 19.7. The first-order valence-corrected chi connectivity index (χ1v) is 10.8. The number of ether oxygens (including phenoxy) is 1. The van der Waals surface area contributed by atoms with Crippen molar-refractivity contribution in [2.75, 3.05) is 0 Å². The molecule has 2 aromatic carbocycles. The van der Waals surface area contributed by atoms with E-state index in [0.29, 0.717) is 6.61 Å². The second kappa shape index (κ2) is 8.81. The van der Waals surface area contributed by atoms with E-state index in [4.69, 9.17) is 4.74 Å². The topological polar surface area (TPSA) is 46.6 Å². The summed E-state index contributed by atoms with van der Waals surface area (Å²) >= 11 is 0. The maximum Gasteiger partial charge on any atom is 0.410 e. The minimum Gasteiger partial charge on any atom is -0.445 e. The molecule has 1 amide bonds. The van der Waals surface area contributed by atoms with Gasteiger partial charge in [-0.05, 0) is 49.7 Å². The van der Waals surface area contributed by atoms with E-state index in [9.17, 15) is 9.59 Å². The van der Waals surface area contributed by atoms with Crippen LogP contribution in [0.15, 0.2) is 54.6 Å². The van der Waals surface area contributed by atoms with Gasteiger partial charge in [-0.1, -0.05) is 61.5 Å². The highest BCUT2D eigenvalue weighted by Gasteiger charge is 2.43. The summed E-state index contributed by atoms with van der Waals surface area (Å²) < 4.78 is 5.61. The Balaban J connectivity index is 1.41. The second-order valence-corrected chi connectivity index (χ2v) is 8.27. The zero-order valence-electron chi connectivity index (χ0n) is 17.0. The lowest BCUT2D eigenvalue weighted by Crippen LogP contribution is -2.55.